The van der Waals surface area contributed by atoms with Crippen LogP contribution in [0.4, 0.5) is 5.82 Å². The average molecular weight is 314 g/mol. The molecule has 1 aliphatic rings. The third-order valence-corrected chi connectivity index (χ3v) is 4.26. The second kappa shape index (κ2) is 7.39. The maximum absolute atomic E-state index is 11.1. The lowest BCUT2D eigenvalue weighted by Gasteiger charge is -2.35. The number of rotatable bonds is 5. The Morgan fingerprint density at radius 2 is 1.83 bits per heavy atom. The molecular weight excluding hydrogens is 292 g/mol. The number of aromatic nitrogens is 2. The summed E-state index contributed by atoms with van der Waals surface area (Å²) in [6.45, 7) is 4.49. The molecule has 1 aromatic carbocycles. The lowest BCUT2D eigenvalue weighted by atomic mass is 10.1. The van der Waals surface area contributed by atoms with Crippen molar-refractivity contribution in [2.75, 3.05) is 37.6 Å². The Hall–Kier alpha value is -2.18. The molecule has 0 spiro atoms. The van der Waals surface area contributed by atoms with E-state index in [2.05, 4.69) is 20.0 Å². The zero-order valence-corrected chi connectivity index (χ0v) is 13.1. The van der Waals surface area contributed by atoms with Gasteiger partial charge >= 0.3 is 0 Å². The summed E-state index contributed by atoms with van der Waals surface area (Å²) >= 11 is 0. The molecule has 0 aliphatic carbocycles. The molecule has 0 unspecified atom stereocenters. The summed E-state index contributed by atoms with van der Waals surface area (Å²) in [5.41, 5.74) is 0.797. The molecule has 2 aromatic rings. The van der Waals surface area contributed by atoms with E-state index in [1.54, 1.807) is 6.07 Å². The highest BCUT2D eigenvalue weighted by Crippen LogP contribution is 2.17. The summed E-state index contributed by atoms with van der Waals surface area (Å²) in [6, 6.07) is 13.1. The number of aliphatic hydroxyl groups excluding tert-OH is 1. The van der Waals surface area contributed by atoms with Crippen molar-refractivity contribution in [3.63, 3.8) is 0 Å². The van der Waals surface area contributed by atoms with Gasteiger partial charge in [0.2, 0.25) is 0 Å². The van der Waals surface area contributed by atoms with E-state index in [4.69, 9.17) is 0 Å². The molecule has 122 valence electrons. The monoisotopic (exact) mass is 314 g/mol. The maximum Gasteiger partial charge on any atom is 0.264 e. The Morgan fingerprint density at radius 1 is 1.09 bits per heavy atom. The van der Waals surface area contributed by atoms with E-state index in [1.165, 1.54) is 6.07 Å². The molecule has 1 atom stereocenters. The first-order chi connectivity index (χ1) is 11.2. The van der Waals surface area contributed by atoms with Crippen LogP contribution >= 0.6 is 0 Å². The van der Waals surface area contributed by atoms with Crippen molar-refractivity contribution in [2.24, 2.45) is 0 Å². The van der Waals surface area contributed by atoms with Gasteiger partial charge in [-0.25, -0.2) is 5.10 Å². The van der Waals surface area contributed by atoms with Gasteiger partial charge in [-0.05, 0) is 18.1 Å². The molecule has 0 bridgehead atoms. The van der Waals surface area contributed by atoms with Crippen LogP contribution in [-0.2, 0) is 0 Å². The average Bonchev–Trinajstić information content (AvgIpc) is 2.61. The third-order valence-electron chi connectivity index (χ3n) is 4.26. The molecule has 0 saturated carbocycles. The smallest absolute Gasteiger partial charge is 0.264 e. The maximum atomic E-state index is 11.1. The summed E-state index contributed by atoms with van der Waals surface area (Å²) in [6.07, 6.45) is 0.330. The molecular formula is C17H22N4O2. The van der Waals surface area contributed by atoms with Gasteiger partial charge < -0.3 is 10.0 Å². The predicted octanol–water partition coefficient (Wildman–Crippen LogP) is 1.02. The van der Waals surface area contributed by atoms with E-state index in [9.17, 15) is 9.90 Å². The van der Waals surface area contributed by atoms with Crippen molar-refractivity contribution in [3.8, 4) is 0 Å². The van der Waals surface area contributed by atoms with Gasteiger partial charge in [-0.3, -0.25) is 9.69 Å². The zero-order valence-electron chi connectivity index (χ0n) is 13.1. The van der Waals surface area contributed by atoms with Gasteiger partial charge in [0.25, 0.3) is 5.56 Å². The summed E-state index contributed by atoms with van der Waals surface area (Å²) in [5, 5.41) is 16.8. The highest BCUT2D eigenvalue weighted by molar-refractivity contribution is 5.36. The second-order valence-corrected chi connectivity index (χ2v) is 5.82. The fraction of sp³-hybridized carbons (Fsp3) is 0.412. The molecule has 3 rings (SSSR count). The fourth-order valence-corrected chi connectivity index (χ4v) is 2.86. The lowest BCUT2D eigenvalue weighted by molar-refractivity contribution is 0.139. The van der Waals surface area contributed by atoms with Crippen LogP contribution in [-0.4, -0.2) is 52.9 Å². The van der Waals surface area contributed by atoms with Crippen LogP contribution < -0.4 is 10.5 Å². The first-order valence-corrected chi connectivity index (χ1v) is 7.98. The molecule has 0 radical (unpaired) electrons. The van der Waals surface area contributed by atoms with E-state index in [0.717, 1.165) is 50.5 Å². The molecule has 23 heavy (non-hydrogen) atoms. The molecule has 6 nitrogen and oxygen atoms in total. The number of nitrogens with zero attached hydrogens (tertiary/aromatic N) is 3. The molecule has 1 fully saturated rings. The largest absolute Gasteiger partial charge is 0.388 e. The first kappa shape index (κ1) is 15.7. The van der Waals surface area contributed by atoms with E-state index >= 15 is 0 Å². The highest BCUT2D eigenvalue weighted by Gasteiger charge is 2.19. The number of H-pyrrole nitrogens is 1. The number of nitrogens with one attached hydrogen (secondary N) is 1. The van der Waals surface area contributed by atoms with Gasteiger partial charge in [0, 0.05) is 38.8 Å². The lowest BCUT2D eigenvalue weighted by Crippen LogP contribution is -2.47. The van der Waals surface area contributed by atoms with Crippen LogP contribution in [0.15, 0.2) is 47.3 Å². The van der Waals surface area contributed by atoms with E-state index in [0.29, 0.717) is 0 Å². The Labute approximate surface area is 135 Å². The summed E-state index contributed by atoms with van der Waals surface area (Å²) in [4.78, 5) is 15.6. The molecule has 6 heteroatoms. The van der Waals surface area contributed by atoms with E-state index < -0.39 is 6.10 Å². The molecule has 1 aromatic heterocycles. The van der Waals surface area contributed by atoms with E-state index in [-0.39, 0.29) is 5.56 Å². The Bertz CT molecular complexity index is 645. The Balaban J connectivity index is 1.46. The fourth-order valence-electron chi connectivity index (χ4n) is 2.86. The van der Waals surface area contributed by atoms with E-state index in [1.807, 2.05) is 30.3 Å². The normalized spacial score (nSPS) is 17.2. The number of hydrogen-bond donors (Lipinski definition) is 2. The number of hydrogen-bond acceptors (Lipinski definition) is 5. The number of anilines is 1. The van der Waals surface area contributed by atoms with Crippen LogP contribution in [0.5, 0.6) is 0 Å². The Kier molecular flexibility index (Phi) is 5.05. The number of benzene rings is 1. The number of piperazine rings is 1. The topological polar surface area (TPSA) is 72.5 Å². The molecule has 2 N–H and O–H groups in total. The Morgan fingerprint density at radius 3 is 2.48 bits per heavy atom. The van der Waals surface area contributed by atoms with Crippen LogP contribution in [0.25, 0.3) is 0 Å². The van der Waals surface area contributed by atoms with Crippen molar-refractivity contribution in [1.82, 2.24) is 15.1 Å². The minimum Gasteiger partial charge on any atom is -0.388 e. The zero-order chi connectivity index (χ0) is 16.1. The highest BCUT2D eigenvalue weighted by atomic mass is 16.3. The summed E-state index contributed by atoms with van der Waals surface area (Å²) < 4.78 is 0. The minimum atomic E-state index is -0.407. The second-order valence-electron chi connectivity index (χ2n) is 5.82. The minimum absolute atomic E-state index is 0.178. The number of aromatic amines is 1. The summed E-state index contributed by atoms with van der Waals surface area (Å²) in [7, 11) is 0. The van der Waals surface area contributed by atoms with Crippen molar-refractivity contribution in [1.29, 1.82) is 0 Å². The SMILES string of the molecule is O=c1ccc(N2CCN(CC[C@@H](O)c3ccccc3)CC2)n[nH]1. The van der Waals surface area contributed by atoms with Gasteiger partial charge in [-0.15, -0.1) is 0 Å². The van der Waals surface area contributed by atoms with Crippen molar-refractivity contribution in [3.05, 3.63) is 58.4 Å². The van der Waals surface area contributed by atoms with Crippen molar-refractivity contribution < 1.29 is 5.11 Å². The van der Waals surface area contributed by atoms with Gasteiger partial charge in [0.1, 0.15) is 5.82 Å². The summed E-state index contributed by atoms with van der Waals surface area (Å²) in [5.74, 6) is 0.813. The quantitative estimate of drug-likeness (QED) is 0.862. The van der Waals surface area contributed by atoms with Gasteiger partial charge in [0.05, 0.1) is 6.10 Å². The van der Waals surface area contributed by atoms with Gasteiger partial charge in [-0.2, -0.15) is 5.10 Å². The van der Waals surface area contributed by atoms with Crippen LogP contribution in [0.1, 0.15) is 18.1 Å². The van der Waals surface area contributed by atoms with Gasteiger partial charge in [-0.1, -0.05) is 30.3 Å². The standard InChI is InChI=1S/C17H22N4O2/c22-15(14-4-2-1-3-5-14)8-9-20-10-12-21(13-11-20)16-6-7-17(23)19-18-16/h1-7,15,22H,8-13H2,(H,19,23)/t15-/m1/s1. The number of aliphatic hydroxyl groups is 1. The van der Waals surface area contributed by atoms with Crippen molar-refractivity contribution >= 4 is 5.82 Å². The molecule has 1 saturated heterocycles. The van der Waals surface area contributed by atoms with Crippen LogP contribution in [0.2, 0.25) is 0 Å². The van der Waals surface area contributed by atoms with Gasteiger partial charge in [0.15, 0.2) is 0 Å². The first-order valence-electron chi connectivity index (χ1n) is 7.98. The molecule has 1 aliphatic heterocycles. The molecule has 0 amide bonds. The predicted molar refractivity (Wildman–Crippen MR) is 89.5 cm³/mol. The van der Waals surface area contributed by atoms with Crippen molar-refractivity contribution in [2.45, 2.75) is 12.5 Å². The third kappa shape index (κ3) is 4.18. The van der Waals surface area contributed by atoms with Crippen LogP contribution in [0.3, 0.4) is 0 Å². The van der Waals surface area contributed by atoms with Crippen LogP contribution in [0, 0.1) is 0 Å². The molecule has 2 heterocycles.